The predicted octanol–water partition coefficient (Wildman–Crippen LogP) is 3.70. The molecule has 24 heavy (non-hydrogen) atoms. The summed E-state index contributed by atoms with van der Waals surface area (Å²) in [6, 6.07) is 8.38. The first-order valence-corrected chi connectivity index (χ1v) is 7.33. The number of amides is 1. The highest BCUT2D eigenvalue weighted by Gasteiger charge is 2.11. The zero-order chi connectivity index (χ0) is 15.9. The first-order chi connectivity index (χ1) is 10.6. The van der Waals surface area contributed by atoms with E-state index in [1.165, 1.54) is 0 Å². The molecule has 1 atom stereocenters. The van der Waals surface area contributed by atoms with Crippen LogP contribution in [0.15, 0.2) is 42.7 Å². The van der Waals surface area contributed by atoms with Crippen LogP contribution in [-0.2, 0) is 0 Å². The highest BCUT2D eigenvalue weighted by atomic mass is 35.5. The molecule has 1 amide bonds. The van der Waals surface area contributed by atoms with Gasteiger partial charge in [-0.05, 0) is 42.8 Å². The molecule has 1 heterocycles. The second-order valence-electron chi connectivity index (χ2n) is 4.98. The molecule has 0 fully saturated rings. The Bertz CT molecular complexity index is 642. The Morgan fingerprint density at radius 1 is 1.29 bits per heavy atom. The van der Waals surface area contributed by atoms with Crippen molar-refractivity contribution >= 4 is 42.3 Å². The Labute approximate surface area is 158 Å². The van der Waals surface area contributed by atoms with Crippen molar-refractivity contribution in [3.63, 3.8) is 0 Å². The van der Waals surface area contributed by atoms with E-state index >= 15 is 0 Å². The van der Waals surface area contributed by atoms with Crippen molar-refractivity contribution in [2.75, 3.05) is 13.1 Å². The fourth-order valence-electron chi connectivity index (χ4n) is 1.71. The number of pyridine rings is 1. The van der Waals surface area contributed by atoms with Gasteiger partial charge in [0.1, 0.15) is 11.5 Å². The van der Waals surface area contributed by atoms with Gasteiger partial charge in [-0.15, -0.1) is 24.8 Å². The van der Waals surface area contributed by atoms with Crippen LogP contribution in [0.3, 0.4) is 0 Å². The number of nitrogens with one attached hydrogen (secondary N) is 1. The molecule has 5 nitrogen and oxygen atoms in total. The first kappa shape index (κ1) is 22.5. The third kappa shape index (κ3) is 6.53. The van der Waals surface area contributed by atoms with Gasteiger partial charge in [-0.2, -0.15) is 0 Å². The average Bonchev–Trinajstić information content (AvgIpc) is 2.55. The molecule has 0 aliphatic heterocycles. The van der Waals surface area contributed by atoms with Gasteiger partial charge in [0.15, 0.2) is 0 Å². The van der Waals surface area contributed by atoms with Crippen molar-refractivity contribution in [2.24, 2.45) is 11.7 Å². The van der Waals surface area contributed by atoms with Crippen molar-refractivity contribution in [1.82, 2.24) is 10.3 Å². The molecule has 3 N–H and O–H groups in total. The van der Waals surface area contributed by atoms with E-state index in [9.17, 15) is 4.79 Å². The molecule has 0 spiro atoms. The molecule has 0 radical (unpaired) electrons. The number of carbonyl (C=O) groups is 1. The van der Waals surface area contributed by atoms with Gasteiger partial charge >= 0.3 is 0 Å². The molecule has 1 unspecified atom stereocenters. The summed E-state index contributed by atoms with van der Waals surface area (Å²) in [7, 11) is 0. The van der Waals surface area contributed by atoms with Gasteiger partial charge < -0.3 is 15.8 Å². The minimum absolute atomic E-state index is 0. The maximum Gasteiger partial charge on any atom is 0.251 e. The van der Waals surface area contributed by atoms with E-state index in [1.807, 2.05) is 6.92 Å². The van der Waals surface area contributed by atoms with Gasteiger partial charge in [0, 0.05) is 24.5 Å². The summed E-state index contributed by atoms with van der Waals surface area (Å²) in [5.41, 5.74) is 6.00. The molecule has 1 aromatic carbocycles. The lowest BCUT2D eigenvalue weighted by atomic mass is 10.1. The lowest BCUT2D eigenvalue weighted by Gasteiger charge is -2.11. The standard InChI is InChI=1S/C16H18ClN3O2.2ClH/c1-11(9-18)10-20-16(21)12-2-3-15(14(17)8-12)22-13-4-6-19-7-5-13;;/h2-8,11H,9-10,18H2,1H3,(H,20,21);2*1H. The van der Waals surface area contributed by atoms with Crippen LogP contribution in [-0.4, -0.2) is 24.0 Å². The first-order valence-electron chi connectivity index (χ1n) is 6.96. The average molecular weight is 393 g/mol. The van der Waals surface area contributed by atoms with E-state index in [1.54, 1.807) is 42.7 Å². The number of carbonyl (C=O) groups excluding carboxylic acids is 1. The van der Waals surface area contributed by atoms with Gasteiger partial charge in [0.25, 0.3) is 5.91 Å². The minimum Gasteiger partial charge on any atom is -0.456 e. The van der Waals surface area contributed by atoms with E-state index in [2.05, 4.69) is 10.3 Å². The van der Waals surface area contributed by atoms with Crippen LogP contribution in [0, 0.1) is 5.92 Å². The molecule has 0 saturated carbocycles. The number of halogens is 3. The largest absolute Gasteiger partial charge is 0.456 e. The number of hydrogen-bond donors (Lipinski definition) is 2. The number of hydrogen-bond acceptors (Lipinski definition) is 4. The van der Waals surface area contributed by atoms with E-state index in [0.717, 1.165) is 0 Å². The molecule has 1 aromatic heterocycles. The third-order valence-corrected chi connectivity index (χ3v) is 3.38. The summed E-state index contributed by atoms with van der Waals surface area (Å²) in [5, 5.41) is 3.19. The van der Waals surface area contributed by atoms with Crippen LogP contribution in [0.5, 0.6) is 11.5 Å². The quantitative estimate of drug-likeness (QED) is 0.786. The number of rotatable bonds is 6. The topological polar surface area (TPSA) is 77.2 Å². The van der Waals surface area contributed by atoms with Crippen molar-refractivity contribution in [2.45, 2.75) is 6.92 Å². The number of nitrogens with zero attached hydrogens (tertiary/aromatic N) is 1. The smallest absolute Gasteiger partial charge is 0.251 e. The Balaban J connectivity index is 0.00000264. The van der Waals surface area contributed by atoms with Gasteiger partial charge in [0.05, 0.1) is 5.02 Å². The maximum atomic E-state index is 12.0. The molecule has 0 bridgehead atoms. The Morgan fingerprint density at radius 2 is 1.96 bits per heavy atom. The fraction of sp³-hybridized carbons (Fsp3) is 0.250. The second-order valence-corrected chi connectivity index (χ2v) is 5.39. The minimum atomic E-state index is -0.183. The summed E-state index contributed by atoms with van der Waals surface area (Å²) >= 11 is 6.17. The van der Waals surface area contributed by atoms with Gasteiger partial charge in [-0.1, -0.05) is 18.5 Å². The summed E-state index contributed by atoms with van der Waals surface area (Å²) in [5.74, 6) is 1.16. The molecule has 0 saturated heterocycles. The van der Waals surface area contributed by atoms with Gasteiger partial charge in [-0.25, -0.2) is 0 Å². The monoisotopic (exact) mass is 391 g/mol. The molecule has 132 valence electrons. The summed E-state index contributed by atoms with van der Waals surface area (Å²) in [4.78, 5) is 15.9. The Morgan fingerprint density at radius 3 is 2.54 bits per heavy atom. The predicted molar refractivity (Wildman–Crippen MR) is 101 cm³/mol. The number of nitrogens with two attached hydrogens (primary N) is 1. The van der Waals surface area contributed by atoms with Crippen molar-refractivity contribution in [1.29, 1.82) is 0 Å². The normalized spacial score (nSPS) is 10.8. The molecular formula is C16H20Cl3N3O2. The van der Waals surface area contributed by atoms with Crippen LogP contribution < -0.4 is 15.8 Å². The Hall–Kier alpha value is -1.53. The van der Waals surface area contributed by atoms with Crippen molar-refractivity contribution in [3.8, 4) is 11.5 Å². The van der Waals surface area contributed by atoms with Crippen molar-refractivity contribution in [3.05, 3.63) is 53.3 Å². The summed E-state index contributed by atoms with van der Waals surface area (Å²) in [6.45, 7) is 3.03. The highest BCUT2D eigenvalue weighted by Crippen LogP contribution is 2.29. The zero-order valence-corrected chi connectivity index (χ0v) is 15.5. The van der Waals surface area contributed by atoms with Crippen LogP contribution in [0.2, 0.25) is 5.02 Å². The molecular weight excluding hydrogens is 373 g/mol. The van der Waals surface area contributed by atoms with Crippen LogP contribution in [0.4, 0.5) is 0 Å². The molecule has 8 heteroatoms. The summed E-state index contributed by atoms with van der Waals surface area (Å²) < 4.78 is 5.64. The molecule has 0 aliphatic rings. The van der Waals surface area contributed by atoms with Gasteiger partial charge in [-0.3, -0.25) is 9.78 Å². The van der Waals surface area contributed by atoms with Crippen LogP contribution >= 0.6 is 36.4 Å². The van der Waals surface area contributed by atoms with Crippen LogP contribution in [0.25, 0.3) is 0 Å². The SMILES string of the molecule is CC(CN)CNC(=O)c1ccc(Oc2ccncc2)c(Cl)c1.Cl.Cl. The third-order valence-electron chi connectivity index (χ3n) is 3.09. The lowest BCUT2D eigenvalue weighted by Crippen LogP contribution is -2.31. The summed E-state index contributed by atoms with van der Waals surface area (Å²) in [6.07, 6.45) is 3.26. The van der Waals surface area contributed by atoms with E-state index in [4.69, 9.17) is 22.1 Å². The van der Waals surface area contributed by atoms with Crippen LogP contribution in [0.1, 0.15) is 17.3 Å². The highest BCUT2D eigenvalue weighted by molar-refractivity contribution is 6.32. The second kappa shape index (κ2) is 11.1. The van der Waals surface area contributed by atoms with E-state index in [0.29, 0.717) is 35.2 Å². The number of aromatic nitrogens is 1. The molecule has 2 aromatic rings. The molecule has 2 rings (SSSR count). The van der Waals surface area contributed by atoms with E-state index < -0.39 is 0 Å². The maximum absolute atomic E-state index is 12.0. The van der Waals surface area contributed by atoms with Gasteiger partial charge in [0.2, 0.25) is 0 Å². The fourth-order valence-corrected chi connectivity index (χ4v) is 1.93. The lowest BCUT2D eigenvalue weighted by molar-refractivity contribution is 0.0948. The zero-order valence-electron chi connectivity index (χ0n) is 13.1. The number of benzene rings is 1. The molecule has 0 aliphatic carbocycles. The Kier molecular flexibility index (Phi) is 10.4. The number of ether oxygens (including phenoxy) is 1. The van der Waals surface area contributed by atoms with E-state index in [-0.39, 0.29) is 36.6 Å². The van der Waals surface area contributed by atoms with Crippen molar-refractivity contribution < 1.29 is 9.53 Å².